The maximum Gasteiger partial charge on any atom is 0.314 e. The van der Waals surface area contributed by atoms with Gasteiger partial charge in [0, 0.05) is 14.2 Å². The minimum absolute atomic E-state index is 0.257. The highest BCUT2D eigenvalue weighted by Gasteiger charge is 2.32. The summed E-state index contributed by atoms with van der Waals surface area (Å²) in [6.07, 6.45) is 2.29. The first-order valence-corrected chi connectivity index (χ1v) is 17.8. The maximum absolute atomic E-state index is 13.0. The Morgan fingerprint density at radius 3 is 1.02 bits per heavy atom. The predicted octanol–water partition coefficient (Wildman–Crippen LogP) is 7.42. The molecule has 1 aliphatic carbocycles. The molecule has 5 rings (SSSR count). The van der Waals surface area contributed by atoms with E-state index in [-0.39, 0.29) is 23.8 Å². The zero-order chi connectivity index (χ0) is 36.4. The summed E-state index contributed by atoms with van der Waals surface area (Å²) in [4.78, 5) is 25.9. The summed E-state index contributed by atoms with van der Waals surface area (Å²) in [6, 6.07) is 30.6. The smallest absolute Gasteiger partial charge is 0.314 e. The monoisotopic (exact) mass is 712 g/mol. The number of methoxy groups -OCH3 is 2. The molecule has 1 fully saturated rings. The van der Waals surface area contributed by atoms with Gasteiger partial charge in [-0.3, -0.25) is 9.59 Å². The first kappa shape index (κ1) is 38.5. The third kappa shape index (κ3) is 12.2. The molecule has 0 amide bonds. The molecular weight excluding hydrogens is 664 g/mol. The van der Waals surface area contributed by atoms with Crippen molar-refractivity contribution in [1.29, 1.82) is 0 Å². The number of benzene rings is 4. The molecule has 0 aliphatic heterocycles. The van der Waals surface area contributed by atoms with Crippen molar-refractivity contribution < 1.29 is 47.5 Å². The van der Waals surface area contributed by atoms with Crippen LogP contribution in [0.15, 0.2) is 97.1 Å². The molecule has 10 nitrogen and oxygen atoms in total. The molecular formula is C42H48O10. The first-order chi connectivity index (χ1) is 25.5. The third-order valence-electron chi connectivity index (χ3n) is 8.77. The van der Waals surface area contributed by atoms with Crippen molar-refractivity contribution in [1.82, 2.24) is 0 Å². The van der Waals surface area contributed by atoms with Crippen molar-refractivity contribution in [3.8, 4) is 45.3 Å². The van der Waals surface area contributed by atoms with Crippen LogP contribution in [0.1, 0.15) is 25.7 Å². The van der Waals surface area contributed by atoms with Gasteiger partial charge in [-0.05, 0) is 96.5 Å². The average molecular weight is 713 g/mol. The summed E-state index contributed by atoms with van der Waals surface area (Å²) in [6.45, 7) is 4.14. The number of carbonyl (C=O) groups is 2. The Labute approximate surface area is 305 Å². The van der Waals surface area contributed by atoms with Gasteiger partial charge < -0.3 is 37.9 Å². The number of hydrogen-bond donors (Lipinski definition) is 0. The fourth-order valence-electron chi connectivity index (χ4n) is 5.81. The Morgan fingerprint density at radius 1 is 0.423 bits per heavy atom. The van der Waals surface area contributed by atoms with Crippen LogP contribution in [0, 0.1) is 11.8 Å². The predicted molar refractivity (Wildman–Crippen MR) is 197 cm³/mol. The highest BCUT2D eigenvalue weighted by atomic mass is 16.6. The van der Waals surface area contributed by atoms with E-state index < -0.39 is 0 Å². The minimum Gasteiger partial charge on any atom is -0.491 e. The summed E-state index contributed by atoms with van der Waals surface area (Å²) in [5.74, 6) is 1.47. The van der Waals surface area contributed by atoms with E-state index in [1.54, 1.807) is 38.5 Å². The number of ether oxygens (including phenoxy) is 8. The molecule has 0 N–H and O–H groups in total. The van der Waals surface area contributed by atoms with Gasteiger partial charge in [0.25, 0.3) is 0 Å². The average Bonchev–Trinajstić information content (AvgIpc) is 3.19. The quantitative estimate of drug-likeness (QED) is 0.0522. The molecule has 0 bridgehead atoms. The number of esters is 2. The van der Waals surface area contributed by atoms with Crippen LogP contribution in [0.2, 0.25) is 0 Å². The summed E-state index contributed by atoms with van der Waals surface area (Å²) in [5, 5.41) is 0. The molecule has 0 unspecified atom stereocenters. The van der Waals surface area contributed by atoms with Crippen molar-refractivity contribution in [3.63, 3.8) is 0 Å². The summed E-state index contributed by atoms with van der Waals surface area (Å²) < 4.78 is 43.6. The Hall–Kier alpha value is -4.74. The van der Waals surface area contributed by atoms with Gasteiger partial charge in [-0.25, -0.2) is 0 Å². The molecule has 4 aromatic carbocycles. The van der Waals surface area contributed by atoms with E-state index >= 15 is 0 Å². The Morgan fingerprint density at radius 2 is 0.712 bits per heavy atom. The van der Waals surface area contributed by atoms with Crippen LogP contribution in [0.5, 0.6) is 23.0 Å². The fourth-order valence-corrected chi connectivity index (χ4v) is 5.81. The fraction of sp³-hybridized carbons (Fsp3) is 0.381. The molecule has 0 saturated heterocycles. The lowest BCUT2D eigenvalue weighted by Gasteiger charge is -2.25. The van der Waals surface area contributed by atoms with Gasteiger partial charge in [0.2, 0.25) is 0 Å². The van der Waals surface area contributed by atoms with Crippen molar-refractivity contribution in [2.45, 2.75) is 25.7 Å². The van der Waals surface area contributed by atoms with E-state index in [0.717, 1.165) is 33.8 Å². The molecule has 276 valence electrons. The second kappa shape index (κ2) is 20.9. The second-order valence-electron chi connectivity index (χ2n) is 12.4. The Bertz CT molecular complexity index is 1500. The highest BCUT2D eigenvalue weighted by molar-refractivity contribution is 5.78. The van der Waals surface area contributed by atoms with E-state index in [0.29, 0.717) is 90.0 Å². The van der Waals surface area contributed by atoms with Crippen LogP contribution in [0.3, 0.4) is 0 Å². The first-order valence-electron chi connectivity index (χ1n) is 17.8. The maximum atomic E-state index is 13.0. The highest BCUT2D eigenvalue weighted by Crippen LogP contribution is 2.32. The zero-order valence-corrected chi connectivity index (χ0v) is 30.0. The molecule has 1 saturated carbocycles. The van der Waals surface area contributed by atoms with Crippen LogP contribution in [-0.4, -0.2) is 79.0 Å². The van der Waals surface area contributed by atoms with Crippen LogP contribution >= 0.6 is 0 Å². The lowest BCUT2D eigenvalue weighted by molar-refractivity contribution is -0.145. The lowest BCUT2D eigenvalue weighted by Crippen LogP contribution is -2.30. The van der Waals surface area contributed by atoms with Crippen LogP contribution in [0.25, 0.3) is 22.3 Å². The van der Waals surface area contributed by atoms with Gasteiger partial charge in [0.1, 0.15) is 36.2 Å². The normalized spacial score (nSPS) is 15.5. The third-order valence-corrected chi connectivity index (χ3v) is 8.77. The van der Waals surface area contributed by atoms with E-state index in [1.807, 2.05) is 72.8 Å². The van der Waals surface area contributed by atoms with Crippen molar-refractivity contribution >= 4 is 11.9 Å². The van der Waals surface area contributed by atoms with Gasteiger partial charge in [0.15, 0.2) is 0 Å². The molecule has 1 aliphatic rings. The van der Waals surface area contributed by atoms with Crippen LogP contribution in [-0.2, 0) is 28.5 Å². The summed E-state index contributed by atoms with van der Waals surface area (Å²) in [7, 11) is 3.28. The van der Waals surface area contributed by atoms with Crippen LogP contribution in [0.4, 0.5) is 0 Å². The molecule has 0 aromatic heterocycles. The Balaban J connectivity index is 1.00. The van der Waals surface area contributed by atoms with Crippen molar-refractivity contribution in [2.24, 2.45) is 11.8 Å². The standard InChI is InChI=1S/C42H48O10/c1-45-23-25-47-27-29-49-37-15-7-31(8-16-37)33-11-19-39(20-12-33)51-41(43)35-3-5-36(6-4-35)42(44)52-40-21-13-34(14-22-40)32-9-17-38(18-10-32)50-30-28-48-26-24-46-2/h7-22,35-36H,3-6,23-30H2,1-2H3/t35-,36-. The van der Waals surface area contributed by atoms with Crippen molar-refractivity contribution in [3.05, 3.63) is 97.1 Å². The topological polar surface area (TPSA) is 108 Å². The minimum atomic E-state index is -0.269. The molecule has 0 spiro atoms. The Kier molecular flexibility index (Phi) is 15.5. The molecule has 0 heterocycles. The van der Waals surface area contributed by atoms with Gasteiger partial charge in [-0.2, -0.15) is 0 Å². The van der Waals surface area contributed by atoms with E-state index in [2.05, 4.69) is 0 Å². The molecule has 10 heteroatoms. The number of carbonyl (C=O) groups excluding carboxylic acids is 2. The largest absolute Gasteiger partial charge is 0.491 e. The van der Waals surface area contributed by atoms with Gasteiger partial charge in [0.05, 0.1) is 51.5 Å². The molecule has 52 heavy (non-hydrogen) atoms. The van der Waals surface area contributed by atoms with E-state index in [9.17, 15) is 9.59 Å². The van der Waals surface area contributed by atoms with Gasteiger partial charge in [-0.1, -0.05) is 48.5 Å². The summed E-state index contributed by atoms with van der Waals surface area (Å²) in [5.41, 5.74) is 4.05. The molecule has 0 atom stereocenters. The van der Waals surface area contributed by atoms with Gasteiger partial charge in [-0.15, -0.1) is 0 Å². The summed E-state index contributed by atoms with van der Waals surface area (Å²) >= 11 is 0. The SMILES string of the molecule is COCCOCCOc1ccc(-c2ccc(OC(=O)[C@H]3CC[C@H](C(=O)Oc4ccc(-c5ccc(OCCOCCOC)cc5)cc4)CC3)cc2)cc1. The van der Waals surface area contributed by atoms with E-state index in [1.165, 1.54) is 0 Å². The van der Waals surface area contributed by atoms with Crippen LogP contribution < -0.4 is 18.9 Å². The zero-order valence-electron chi connectivity index (χ0n) is 30.0. The van der Waals surface area contributed by atoms with E-state index in [4.69, 9.17) is 37.9 Å². The second-order valence-corrected chi connectivity index (χ2v) is 12.4. The van der Waals surface area contributed by atoms with Gasteiger partial charge >= 0.3 is 11.9 Å². The number of rotatable bonds is 20. The molecule has 0 radical (unpaired) electrons. The molecule has 4 aromatic rings. The van der Waals surface area contributed by atoms with Crippen molar-refractivity contribution in [2.75, 3.05) is 67.1 Å². The lowest BCUT2D eigenvalue weighted by atomic mass is 9.82. The number of hydrogen-bond acceptors (Lipinski definition) is 10.